The standard InChI is InChI=1S/C22H27FN4O3/c1-15-18(8-12-30-15)21(28)25-20-13-16(6-7-19(20)23)24-22(29)27-11-4-5-17(14-27)26-9-2-3-10-26/h6-8,12-13,17H,2-5,9-11,14H2,1H3,(H,24,29)(H,25,28)/t17-/m0/s1. The Morgan fingerprint density at radius 3 is 2.63 bits per heavy atom. The molecule has 0 spiro atoms. The molecule has 2 aliphatic rings. The number of aryl methyl sites for hydroxylation is 1. The lowest BCUT2D eigenvalue weighted by atomic mass is 10.0. The maximum atomic E-state index is 14.2. The molecule has 30 heavy (non-hydrogen) atoms. The Labute approximate surface area is 175 Å². The van der Waals surface area contributed by atoms with Gasteiger partial charge < -0.3 is 20.0 Å². The van der Waals surface area contributed by atoms with E-state index in [4.69, 9.17) is 4.42 Å². The number of hydrogen-bond donors (Lipinski definition) is 2. The predicted octanol–water partition coefficient (Wildman–Crippen LogP) is 4.07. The van der Waals surface area contributed by atoms with Crippen LogP contribution in [0.4, 0.5) is 20.6 Å². The van der Waals surface area contributed by atoms with E-state index in [1.165, 1.54) is 43.4 Å². The third-order valence-electron chi connectivity index (χ3n) is 5.91. The van der Waals surface area contributed by atoms with Crippen LogP contribution in [0.3, 0.4) is 0 Å². The highest BCUT2D eigenvalue weighted by molar-refractivity contribution is 6.05. The topological polar surface area (TPSA) is 77.8 Å². The van der Waals surface area contributed by atoms with Crippen molar-refractivity contribution >= 4 is 23.3 Å². The van der Waals surface area contributed by atoms with Crippen molar-refractivity contribution in [2.75, 3.05) is 36.8 Å². The second-order valence-electron chi connectivity index (χ2n) is 7.95. The molecule has 3 amide bonds. The largest absolute Gasteiger partial charge is 0.469 e. The minimum absolute atomic E-state index is 0.00647. The molecule has 160 valence electrons. The first-order chi connectivity index (χ1) is 14.5. The molecule has 1 aromatic carbocycles. The van der Waals surface area contributed by atoms with Gasteiger partial charge in [0.25, 0.3) is 5.91 Å². The molecule has 4 rings (SSSR count). The van der Waals surface area contributed by atoms with Crippen LogP contribution in [0.15, 0.2) is 34.9 Å². The molecule has 0 saturated carbocycles. The summed E-state index contributed by atoms with van der Waals surface area (Å²) in [5.41, 5.74) is 0.779. The number of furan rings is 1. The van der Waals surface area contributed by atoms with E-state index in [0.717, 1.165) is 25.9 Å². The van der Waals surface area contributed by atoms with Crippen LogP contribution in [-0.2, 0) is 0 Å². The van der Waals surface area contributed by atoms with Gasteiger partial charge in [0.2, 0.25) is 0 Å². The molecular formula is C22H27FN4O3. The zero-order valence-corrected chi connectivity index (χ0v) is 17.1. The number of piperidine rings is 1. The number of nitrogens with zero attached hydrogens (tertiary/aromatic N) is 2. The molecule has 0 aliphatic carbocycles. The van der Waals surface area contributed by atoms with E-state index in [-0.39, 0.29) is 11.7 Å². The van der Waals surface area contributed by atoms with Gasteiger partial charge in [-0.25, -0.2) is 9.18 Å². The molecule has 2 N–H and O–H groups in total. The lowest BCUT2D eigenvalue weighted by Crippen LogP contribution is -2.50. The monoisotopic (exact) mass is 414 g/mol. The highest BCUT2D eigenvalue weighted by Crippen LogP contribution is 2.24. The second-order valence-corrected chi connectivity index (χ2v) is 7.95. The quantitative estimate of drug-likeness (QED) is 0.791. The SMILES string of the molecule is Cc1occc1C(=O)Nc1cc(NC(=O)N2CCC[C@H](N3CCCC3)C2)ccc1F. The number of carbonyl (C=O) groups is 2. The Hall–Kier alpha value is -2.87. The van der Waals surface area contributed by atoms with Gasteiger partial charge in [0.1, 0.15) is 11.6 Å². The van der Waals surface area contributed by atoms with Crippen LogP contribution >= 0.6 is 0 Å². The Morgan fingerprint density at radius 1 is 1.10 bits per heavy atom. The summed E-state index contributed by atoms with van der Waals surface area (Å²) in [5.74, 6) is -0.585. The molecule has 7 nitrogen and oxygen atoms in total. The molecule has 2 fully saturated rings. The van der Waals surface area contributed by atoms with Gasteiger partial charge in [-0.3, -0.25) is 9.69 Å². The summed E-state index contributed by atoms with van der Waals surface area (Å²) in [6.07, 6.45) is 5.95. The van der Waals surface area contributed by atoms with Crippen LogP contribution in [0.25, 0.3) is 0 Å². The number of hydrogen-bond acceptors (Lipinski definition) is 4. The fraction of sp³-hybridized carbons (Fsp3) is 0.455. The molecule has 1 atom stereocenters. The average molecular weight is 414 g/mol. The zero-order chi connectivity index (χ0) is 21.1. The van der Waals surface area contributed by atoms with Gasteiger partial charge in [-0.2, -0.15) is 0 Å². The maximum absolute atomic E-state index is 14.2. The maximum Gasteiger partial charge on any atom is 0.321 e. The molecular weight excluding hydrogens is 387 g/mol. The zero-order valence-electron chi connectivity index (χ0n) is 17.1. The summed E-state index contributed by atoms with van der Waals surface area (Å²) in [4.78, 5) is 29.4. The van der Waals surface area contributed by atoms with E-state index in [2.05, 4.69) is 15.5 Å². The summed E-state index contributed by atoms with van der Waals surface area (Å²) in [6, 6.07) is 5.90. The highest BCUT2D eigenvalue weighted by Gasteiger charge is 2.29. The number of carbonyl (C=O) groups excluding carboxylic acids is 2. The first-order valence-electron chi connectivity index (χ1n) is 10.5. The van der Waals surface area contributed by atoms with Crippen molar-refractivity contribution in [3.8, 4) is 0 Å². The summed E-state index contributed by atoms with van der Waals surface area (Å²) in [5, 5.41) is 5.39. The van der Waals surface area contributed by atoms with Crippen LogP contribution in [0.2, 0.25) is 0 Å². The van der Waals surface area contributed by atoms with E-state index in [1.54, 1.807) is 6.92 Å². The van der Waals surface area contributed by atoms with Crippen molar-refractivity contribution < 1.29 is 18.4 Å². The first-order valence-corrected chi connectivity index (χ1v) is 10.5. The summed E-state index contributed by atoms with van der Waals surface area (Å²) < 4.78 is 19.3. The van der Waals surface area contributed by atoms with Gasteiger partial charge in [-0.1, -0.05) is 0 Å². The van der Waals surface area contributed by atoms with Crippen LogP contribution in [0.5, 0.6) is 0 Å². The Kier molecular flexibility index (Phi) is 6.03. The number of urea groups is 1. The summed E-state index contributed by atoms with van der Waals surface area (Å²) >= 11 is 0. The van der Waals surface area contributed by atoms with E-state index in [0.29, 0.717) is 36.1 Å². The van der Waals surface area contributed by atoms with Crippen LogP contribution in [0, 0.1) is 12.7 Å². The first kappa shape index (κ1) is 20.4. The van der Waals surface area contributed by atoms with Crippen LogP contribution in [0.1, 0.15) is 41.8 Å². The lowest BCUT2D eigenvalue weighted by Gasteiger charge is -2.37. The predicted molar refractivity (Wildman–Crippen MR) is 112 cm³/mol. The number of halogens is 1. The van der Waals surface area contributed by atoms with Gasteiger partial charge in [0.05, 0.1) is 17.5 Å². The second kappa shape index (κ2) is 8.87. The molecule has 2 saturated heterocycles. The summed E-state index contributed by atoms with van der Waals surface area (Å²) in [6.45, 7) is 5.29. The average Bonchev–Trinajstić information content (AvgIpc) is 3.42. The minimum Gasteiger partial charge on any atom is -0.469 e. The van der Waals surface area contributed by atoms with E-state index in [1.807, 2.05) is 4.90 Å². The molecule has 3 heterocycles. The third kappa shape index (κ3) is 4.48. The number of nitrogens with one attached hydrogen (secondary N) is 2. The Bertz CT molecular complexity index is 923. The number of likely N-dealkylation sites (tertiary alicyclic amines) is 2. The van der Waals surface area contributed by atoms with Crippen molar-refractivity contribution in [1.29, 1.82) is 0 Å². The Balaban J connectivity index is 1.40. The molecule has 0 unspecified atom stereocenters. The molecule has 2 aromatic rings. The number of benzene rings is 1. The van der Waals surface area contributed by atoms with Crippen molar-refractivity contribution in [3.05, 3.63) is 47.7 Å². The molecule has 2 aliphatic heterocycles. The molecule has 0 radical (unpaired) electrons. The lowest BCUT2D eigenvalue weighted by molar-refractivity contribution is 0.102. The highest BCUT2D eigenvalue weighted by atomic mass is 19.1. The fourth-order valence-electron chi connectivity index (χ4n) is 4.26. The van der Waals surface area contributed by atoms with Gasteiger partial charge >= 0.3 is 6.03 Å². The van der Waals surface area contributed by atoms with Gasteiger partial charge in [0.15, 0.2) is 0 Å². The summed E-state index contributed by atoms with van der Waals surface area (Å²) in [7, 11) is 0. The third-order valence-corrected chi connectivity index (χ3v) is 5.91. The Morgan fingerprint density at radius 2 is 1.90 bits per heavy atom. The van der Waals surface area contributed by atoms with Gasteiger partial charge in [0, 0.05) is 24.8 Å². The van der Waals surface area contributed by atoms with Crippen molar-refractivity contribution in [2.24, 2.45) is 0 Å². The van der Waals surface area contributed by atoms with Gasteiger partial charge in [-0.15, -0.1) is 0 Å². The van der Waals surface area contributed by atoms with Crippen molar-refractivity contribution in [2.45, 2.75) is 38.6 Å². The normalized spacial score (nSPS) is 19.7. The molecule has 8 heteroatoms. The number of anilines is 2. The molecule has 0 bridgehead atoms. The number of rotatable bonds is 4. The van der Waals surface area contributed by atoms with Crippen molar-refractivity contribution in [1.82, 2.24) is 9.80 Å². The van der Waals surface area contributed by atoms with Crippen LogP contribution < -0.4 is 10.6 Å². The van der Waals surface area contributed by atoms with Gasteiger partial charge in [-0.05, 0) is 70.0 Å². The van der Waals surface area contributed by atoms with Crippen LogP contribution in [-0.4, -0.2) is 54.0 Å². The van der Waals surface area contributed by atoms with E-state index in [9.17, 15) is 14.0 Å². The van der Waals surface area contributed by atoms with Crippen molar-refractivity contribution in [3.63, 3.8) is 0 Å². The van der Waals surface area contributed by atoms with E-state index >= 15 is 0 Å². The number of amides is 3. The minimum atomic E-state index is -0.574. The molecule has 1 aromatic heterocycles. The smallest absolute Gasteiger partial charge is 0.321 e. The van der Waals surface area contributed by atoms with E-state index < -0.39 is 11.7 Å². The fourth-order valence-corrected chi connectivity index (χ4v) is 4.26.